The summed E-state index contributed by atoms with van der Waals surface area (Å²) in [6, 6.07) is 9.47. The Hall–Kier alpha value is -2.97. The zero-order valence-corrected chi connectivity index (χ0v) is 23.7. The molecule has 6 nitrogen and oxygen atoms in total. The zero-order chi connectivity index (χ0) is 26.7. The van der Waals surface area contributed by atoms with Crippen LogP contribution in [0.15, 0.2) is 46.2 Å². The third-order valence-corrected chi connectivity index (χ3v) is 8.32. The van der Waals surface area contributed by atoms with Crippen LogP contribution in [0.3, 0.4) is 0 Å². The number of hydrogen-bond acceptors (Lipinski definition) is 6. The summed E-state index contributed by atoms with van der Waals surface area (Å²) in [5, 5.41) is 0. The number of amides is 1. The van der Waals surface area contributed by atoms with E-state index in [1.165, 1.54) is 16.2 Å². The maximum atomic E-state index is 13.7. The first kappa shape index (κ1) is 27.1. The van der Waals surface area contributed by atoms with Crippen LogP contribution in [0, 0.1) is 26.7 Å². The molecule has 2 aromatic heterocycles. The molecule has 1 fully saturated rings. The largest absolute Gasteiger partial charge is 0.438 e. The molecule has 1 aliphatic heterocycles. The second-order valence-electron chi connectivity index (χ2n) is 9.53. The molecule has 1 aliphatic rings. The van der Waals surface area contributed by atoms with E-state index < -0.39 is 0 Å². The molecule has 1 saturated heterocycles. The van der Waals surface area contributed by atoms with Crippen molar-refractivity contribution in [3.8, 4) is 11.6 Å². The molecule has 37 heavy (non-hydrogen) atoms. The molecule has 0 saturated carbocycles. The normalized spacial score (nSPS) is 15.7. The molecule has 1 atom stereocenters. The second-order valence-corrected chi connectivity index (χ2v) is 11.2. The first-order valence-corrected chi connectivity index (χ1v) is 14.0. The number of hydrogen-bond donors (Lipinski definition) is 0. The van der Waals surface area contributed by atoms with Gasteiger partial charge in [-0.2, -0.15) is 4.98 Å². The number of pyridine rings is 1. The quantitative estimate of drug-likeness (QED) is 0.221. The molecular formula is C29H33N3O3S2. The molecule has 8 heteroatoms. The number of ether oxygens (including phenoxy) is 1. The first-order valence-electron chi connectivity index (χ1n) is 12.8. The molecule has 3 heterocycles. The molecular weight excluding hydrogens is 502 g/mol. The SMILES string of the molecule is CCCCC(CC)CN1C(=O)/C(=C\c2c(Oc3cccc(C)c3C)nc3c(C)cccn3c2=O)SC1=S. The number of carbonyl (C=O) groups excluding carboxylic acids is 1. The van der Waals surface area contributed by atoms with Crippen LogP contribution in [0.5, 0.6) is 11.6 Å². The highest BCUT2D eigenvalue weighted by Crippen LogP contribution is 2.36. The summed E-state index contributed by atoms with van der Waals surface area (Å²) in [6.45, 7) is 10.8. The lowest BCUT2D eigenvalue weighted by Gasteiger charge is -2.21. The van der Waals surface area contributed by atoms with Gasteiger partial charge >= 0.3 is 0 Å². The lowest BCUT2D eigenvalue weighted by atomic mass is 9.99. The topological polar surface area (TPSA) is 63.9 Å². The van der Waals surface area contributed by atoms with Gasteiger partial charge in [-0.1, -0.05) is 75.3 Å². The minimum absolute atomic E-state index is 0.170. The van der Waals surface area contributed by atoms with E-state index in [1.54, 1.807) is 23.2 Å². The third kappa shape index (κ3) is 5.65. The van der Waals surface area contributed by atoms with Crippen molar-refractivity contribution in [2.75, 3.05) is 6.54 Å². The summed E-state index contributed by atoms with van der Waals surface area (Å²) in [7, 11) is 0. The Kier molecular flexibility index (Phi) is 8.49. The van der Waals surface area contributed by atoms with Crippen LogP contribution in [0.25, 0.3) is 11.7 Å². The van der Waals surface area contributed by atoms with E-state index in [4.69, 9.17) is 21.9 Å². The Balaban J connectivity index is 1.78. The third-order valence-electron chi connectivity index (χ3n) is 6.94. The molecule has 4 rings (SSSR count). The van der Waals surface area contributed by atoms with Crippen molar-refractivity contribution in [1.29, 1.82) is 0 Å². The Morgan fingerprint density at radius 3 is 2.59 bits per heavy atom. The number of thiocarbonyl (C=S) groups is 1. The van der Waals surface area contributed by atoms with Gasteiger partial charge in [0.05, 0.1) is 4.91 Å². The number of thioether (sulfide) groups is 1. The van der Waals surface area contributed by atoms with E-state index in [2.05, 4.69) is 13.8 Å². The van der Waals surface area contributed by atoms with Crippen LogP contribution in [0.2, 0.25) is 0 Å². The number of carbonyl (C=O) groups is 1. The van der Waals surface area contributed by atoms with Gasteiger partial charge in [0.1, 0.15) is 21.3 Å². The van der Waals surface area contributed by atoms with Crippen LogP contribution in [-0.2, 0) is 4.79 Å². The van der Waals surface area contributed by atoms with Crippen LogP contribution < -0.4 is 10.3 Å². The maximum Gasteiger partial charge on any atom is 0.269 e. The summed E-state index contributed by atoms with van der Waals surface area (Å²) < 4.78 is 8.27. The first-order chi connectivity index (χ1) is 17.7. The van der Waals surface area contributed by atoms with Crippen molar-refractivity contribution in [2.45, 2.75) is 60.3 Å². The number of rotatable bonds is 9. The molecule has 1 unspecified atom stereocenters. The van der Waals surface area contributed by atoms with Crippen LogP contribution >= 0.6 is 24.0 Å². The smallest absolute Gasteiger partial charge is 0.269 e. The minimum Gasteiger partial charge on any atom is -0.438 e. The highest BCUT2D eigenvalue weighted by Gasteiger charge is 2.34. The second kappa shape index (κ2) is 11.6. The van der Waals surface area contributed by atoms with Gasteiger partial charge in [-0.3, -0.25) is 18.9 Å². The minimum atomic E-state index is -0.298. The van der Waals surface area contributed by atoms with Gasteiger partial charge in [0, 0.05) is 12.7 Å². The monoisotopic (exact) mass is 535 g/mol. The molecule has 3 aromatic rings. The highest BCUT2D eigenvalue weighted by atomic mass is 32.2. The van der Waals surface area contributed by atoms with Gasteiger partial charge in [0.2, 0.25) is 5.88 Å². The van der Waals surface area contributed by atoms with Gasteiger partial charge in [-0.15, -0.1) is 0 Å². The van der Waals surface area contributed by atoms with E-state index >= 15 is 0 Å². The van der Waals surface area contributed by atoms with Gasteiger partial charge in [0.25, 0.3) is 11.5 Å². The summed E-state index contributed by atoms with van der Waals surface area (Å²) in [5.41, 5.74) is 3.32. The lowest BCUT2D eigenvalue weighted by molar-refractivity contribution is -0.122. The molecule has 0 aliphatic carbocycles. The fraction of sp³-hybridized carbons (Fsp3) is 0.379. The van der Waals surface area contributed by atoms with E-state index in [9.17, 15) is 9.59 Å². The van der Waals surface area contributed by atoms with Crippen molar-refractivity contribution in [1.82, 2.24) is 14.3 Å². The number of nitrogens with zero attached hydrogens (tertiary/aromatic N) is 3. The van der Waals surface area contributed by atoms with E-state index in [-0.39, 0.29) is 22.9 Å². The molecule has 0 radical (unpaired) electrons. The van der Waals surface area contributed by atoms with Crippen LogP contribution in [-0.4, -0.2) is 31.1 Å². The summed E-state index contributed by atoms with van der Waals surface area (Å²) in [4.78, 5) is 33.9. The standard InChI is InChI=1S/C29H33N3O3S2/c1-6-8-13-21(7-2)17-32-28(34)24(37-29(32)36)16-22-26(35-23-14-9-11-18(3)20(23)5)30-25-19(4)12-10-15-31(25)27(22)33/h9-12,14-16,21H,6-8,13,17H2,1-5H3/b24-16+. The number of fused-ring (bicyclic) bond motifs is 1. The molecule has 1 aromatic carbocycles. The van der Waals surface area contributed by atoms with Crippen LogP contribution in [0.1, 0.15) is 61.8 Å². The van der Waals surface area contributed by atoms with Crippen molar-refractivity contribution >= 4 is 45.9 Å². The van der Waals surface area contributed by atoms with Crippen molar-refractivity contribution in [3.63, 3.8) is 0 Å². The van der Waals surface area contributed by atoms with Crippen molar-refractivity contribution in [3.05, 3.63) is 74.0 Å². The van der Waals surface area contributed by atoms with Crippen molar-refractivity contribution in [2.24, 2.45) is 5.92 Å². The number of aromatic nitrogens is 2. The Labute approximate surface area is 227 Å². The predicted octanol–water partition coefficient (Wildman–Crippen LogP) is 6.83. The number of aryl methyl sites for hydroxylation is 2. The molecule has 0 N–H and O–H groups in total. The summed E-state index contributed by atoms with van der Waals surface area (Å²) in [5.74, 6) is 1.01. The molecule has 1 amide bonds. The number of unbranched alkanes of at least 4 members (excludes halogenated alkanes) is 1. The zero-order valence-electron chi connectivity index (χ0n) is 22.0. The Bertz CT molecular complexity index is 1440. The van der Waals surface area contributed by atoms with E-state index in [1.807, 2.05) is 45.0 Å². The molecule has 194 valence electrons. The van der Waals surface area contributed by atoms with Gasteiger partial charge in [-0.25, -0.2) is 0 Å². The summed E-state index contributed by atoms with van der Waals surface area (Å²) >= 11 is 6.81. The summed E-state index contributed by atoms with van der Waals surface area (Å²) in [6.07, 6.45) is 7.57. The predicted molar refractivity (Wildman–Crippen MR) is 155 cm³/mol. The molecule has 0 spiro atoms. The molecule has 0 bridgehead atoms. The van der Waals surface area contributed by atoms with Crippen molar-refractivity contribution < 1.29 is 9.53 Å². The van der Waals surface area contributed by atoms with E-state index in [0.29, 0.717) is 33.1 Å². The highest BCUT2D eigenvalue weighted by molar-refractivity contribution is 8.26. The van der Waals surface area contributed by atoms with Gasteiger partial charge < -0.3 is 4.74 Å². The van der Waals surface area contributed by atoms with Gasteiger partial charge in [0.15, 0.2) is 0 Å². The average molecular weight is 536 g/mol. The van der Waals surface area contributed by atoms with E-state index in [0.717, 1.165) is 42.4 Å². The fourth-order valence-corrected chi connectivity index (χ4v) is 5.65. The fourth-order valence-electron chi connectivity index (χ4n) is 4.40. The lowest BCUT2D eigenvalue weighted by Crippen LogP contribution is -2.33. The van der Waals surface area contributed by atoms with Crippen LogP contribution in [0.4, 0.5) is 0 Å². The maximum absolute atomic E-state index is 13.7. The Morgan fingerprint density at radius 1 is 1.11 bits per heavy atom. The van der Waals surface area contributed by atoms with Gasteiger partial charge in [-0.05, 0) is 68.0 Å². The Morgan fingerprint density at radius 2 is 1.86 bits per heavy atom. The average Bonchev–Trinajstić information content (AvgIpc) is 3.14. The number of benzene rings is 1.